The highest BCUT2D eigenvalue weighted by molar-refractivity contribution is 5.55. The zero-order chi connectivity index (χ0) is 18.5. The van der Waals surface area contributed by atoms with Crippen LogP contribution in [-0.4, -0.2) is 50.2 Å². The summed E-state index contributed by atoms with van der Waals surface area (Å²) in [7, 11) is 3.09. The second kappa shape index (κ2) is 8.68. The number of hydrogen-bond donors (Lipinski definition) is 1. The number of hydrogen-bond acceptors (Lipinski definition) is 6. The van der Waals surface area contributed by atoms with Gasteiger partial charge in [-0.3, -0.25) is 15.0 Å². The van der Waals surface area contributed by atoms with Crippen molar-refractivity contribution in [2.75, 3.05) is 40.4 Å². The lowest BCUT2D eigenvalue weighted by Crippen LogP contribution is -2.47. The summed E-state index contributed by atoms with van der Waals surface area (Å²) in [5, 5.41) is 15.2. The van der Waals surface area contributed by atoms with Gasteiger partial charge in [0.15, 0.2) is 11.5 Å². The smallest absolute Gasteiger partial charge is 0.278 e. The fourth-order valence-corrected chi connectivity index (χ4v) is 4.44. The molecule has 144 valence electrons. The average molecular weight is 363 g/mol. The Bertz CT molecular complexity index is 607. The Balaban J connectivity index is 2.07. The van der Waals surface area contributed by atoms with E-state index < -0.39 is 0 Å². The van der Waals surface area contributed by atoms with Crippen LogP contribution in [0.5, 0.6) is 11.5 Å². The molecule has 2 aliphatic rings. The Labute approximate surface area is 154 Å². The Morgan fingerprint density at radius 3 is 2.31 bits per heavy atom. The predicted octanol–water partition coefficient (Wildman–Crippen LogP) is 3.14. The van der Waals surface area contributed by atoms with Crippen molar-refractivity contribution >= 4 is 5.69 Å². The van der Waals surface area contributed by atoms with E-state index in [1.54, 1.807) is 7.11 Å². The molecule has 0 aromatic heterocycles. The van der Waals surface area contributed by atoms with Gasteiger partial charge >= 0.3 is 0 Å². The molecule has 1 aromatic rings. The average Bonchev–Trinajstić information content (AvgIpc) is 2.69. The summed E-state index contributed by atoms with van der Waals surface area (Å²) in [5.74, 6) is 1.41. The van der Waals surface area contributed by atoms with Crippen LogP contribution in [0.3, 0.4) is 0 Å². The molecular formula is C19H29N3O4. The highest BCUT2D eigenvalue weighted by atomic mass is 16.6. The molecule has 1 heterocycles. The number of nitrogens with zero attached hydrogens (tertiary/aromatic N) is 2. The fraction of sp³-hybridized carbons (Fsp3) is 0.684. The zero-order valence-electron chi connectivity index (χ0n) is 15.7. The molecule has 26 heavy (non-hydrogen) atoms. The first-order chi connectivity index (χ1) is 12.7. The van der Waals surface area contributed by atoms with E-state index in [0.29, 0.717) is 17.4 Å². The molecule has 3 rings (SSSR count). The number of nitrogens with one attached hydrogen (secondary N) is 1. The molecule has 1 N–H and O–H groups in total. The van der Waals surface area contributed by atoms with Crippen LogP contribution in [0.2, 0.25) is 0 Å². The molecular weight excluding hydrogens is 334 g/mol. The maximum Gasteiger partial charge on any atom is 0.278 e. The van der Waals surface area contributed by atoms with E-state index in [1.165, 1.54) is 32.4 Å². The van der Waals surface area contributed by atoms with Gasteiger partial charge in [-0.1, -0.05) is 19.3 Å². The van der Waals surface area contributed by atoms with Gasteiger partial charge in [0, 0.05) is 32.2 Å². The first-order valence-corrected chi connectivity index (χ1v) is 9.50. The van der Waals surface area contributed by atoms with Crippen molar-refractivity contribution in [1.82, 2.24) is 10.2 Å². The molecule has 0 amide bonds. The molecule has 0 radical (unpaired) electrons. The van der Waals surface area contributed by atoms with Crippen molar-refractivity contribution in [3.05, 3.63) is 27.8 Å². The maximum absolute atomic E-state index is 11.8. The third kappa shape index (κ3) is 3.94. The fourth-order valence-electron chi connectivity index (χ4n) is 4.44. The van der Waals surface area contributed by atoms with Gasteiger partial charge in [0.1, 0.15) is 0 Å². The predicted molar refractivity (Wildman–Crippen MR) is 100.0 cm³/mol. The lowest BCUT2D eigenvalue weighted by molar-refractivity contribution is -0.386. The molecule has 1 saturated carbocycles. The summed E-state index contributed by atoms with van der Waals surface area (Å²) < 4.78 is 10.8. The lowest BCUT2D eigenvalue weighted by atomic mass is 9.79. The third-order valence-corrected chi connectivity index (χ3v) is 5.69. The number of ether oxygens (including phenoxy) is 2. The molecule has 1 atom stereocenters. The van der Waals surface area contributed by atoms with E-state index in [2.05, 4.69) is 10.2 Å². The largest absolute Gasteiger partial charge is 0.493 e. The van der Waals surface area contributed by atoms with Gasteiger partial charge in [0.2, 0.25) is 0 Å². The molecule has 0 spiro atoms. The molecule has 1 saturated heterocycles. The van der Waals surface area contributed by atoms with Gasteiger partial charge < -0.3 is 14.8 Å². The maximum atomic E-state index is 11.8. The number of piperazine rings is 1. The van der Waals surface area contributed by atoms with Gasteiger partial charge in [-0.2, -0.15) is 0 Å². The molecule has 1 aliphatic carbocycles. The number of nitro groups is 1. The minimum atomic E-state index is -0.282. The highest BCUT2D eigenvalue weighted by Crippen LogP contribution is 2.45. The zero-order valence-corrected chi connectivity index (χ0v) is 15.7. The summed E-state index contributed by atoms with van der Waals surface area (Å²) in [6.07, 6.45) is 5.92. The topological polar surface area (TPSA) is 76.9 Å². The summed E-state index contributed by atoms with van der Waals surface area (Å²) >= 11 is 0. The Kier molecular flexibility index (Phi) is 6.32. The molecule has 1 aliphatic heterocycles. The molecule has 1 aromatic carbocycles. The lowest BCUT2D eigenvalue weighted by Gasteiger charge is -2.41. The van der Waals surface area contributed by atoms with Crippen LogP contribution in [0, 0.1) is 16.0 Å². The Morgan fingerprint density at radius 2 is 1.73 bits per heavy atom. The van der Waals surface area contributed by atoms with Gasteiger partial charge in [0.25, 0.3) is 5.69 Å². The van der Waals surface area contributed by atoms with Gasteiger partial charge in [-0.25, -0.2) is 0 Å². The van der Waals surface area contributed by atoms with Crippen LogP contribution < -0.4 is 14.8 Å². The van der Waals surface area contributed by atoms with Crippen LogP contribution >= 0.6 is 0 Å². The molecule has 0 unspecified atom stereocenters. The minimum Gasteiger partial charge on any atom is -0.493 e. The van der Waals surface area contributed by atoms with Gasteiger partial charge in [-0.05, 0) is 24.8 Å². The second-order valence-corrected chi connectivity index (χ2v) is 7.15. The minimum absolute atomic E-state index is 0.0533. The normalized spacial score (nSPS) is 20.5. The van der Waals surface area contributed by atoms with Crippen molar-refractivity contribution in [1.29, 1.82) is 0 Å². The summed E-state index contributed by atoms with van der Waals surface area (Å²) in [5.41, 5.74) is 0.901. The van der Waals surface area contributed by atoms with Crippen LogP contribution in [0.1, 0.15) is 43.7 Å². The van der Waals surface area contributed by atoms with Crippen LogP contribution in [0.4, 0.5) is 5.69 Å². The van der Waals surface area contributed by atoms with E-state index in [9.17, 15) is 10.1 Å². The van der Waals surface area contributed by atoms with E-state index in [-0.39, 0.29) is 16.7 Å². The molecule has 7 heteroatoms. The van der Waals surface area contributed by atoms with Gasteiger partial charge in [-0.15, -0.1) is 0 Å². The number of benzene rings is 1. The monoisotopic (exact) mass is 363 g/mol. The highest BCUT2D eigenvalue weighted by Gasteiger charge is 2.36. The first-order valence-electron chi connectivity index (χ1n) is 9.50. The van der Waals surface area contributed by atoms with E-state index in [4.69, 9.17) is 9.47 Å². The standard InChI is InChI=1S/C19H29N3O4/c1-25-17-12-15(16(22(23)24)13-18(17)26-2)19(14-6-4-3-5-7-14)21-10-8-20-9-11-21/h12-14,19-20H,3-11H2,1-2H3/t19-/m1/s1. The third-order valence-electron chi connectivity index (χ3n) is 5.69. The summed E-state index contributed by atoms with van der Waals surface area (Å²) in [4.78, 5) is 14.0. The van der Waals surface area contributed by atoms with Crippen LogP contribution in [-0.2, 0) is 0 Å². The van der Waals surface area contributed by atoms with Gasteiger partial charge in [0.05, 0.1) is 30.8 Å². The van der Waals surface area contributed by atoms with Crippen molar-refractivity contribution < 1.29 is 14.4 Å². The van der Waals surface area contributed by atoms with Crippen molar-refractivity contribution in [2.24, 2.45) is 5.92 Å². The van der Waals surface area contributed by atoms with E-state index in [1.807, 2.05) is 6.07 Å². The number of rotatable bonds is 6. The van der Waals surface area contributed by atoms with Crippen LogP contribution in [0.15, 0.2) is 12.1 Å². The Morgan fingerprint density at radius 1 is 1.12 bits per heavy atom. The van der Waals surface area contributed by atoms with E-state index >= 15 is 0 Å². The quantitative estimate of drug-likeness (QED) is 0.618. The Hall–Kier alpha value is -1.86. The first kappa shape index (κ1) is 18.9. The molecule has 2 fully saturated rings. The molecule has 7 nitrogen and oxygen atoms in total. The molecule has 0 bridgehead atoms. The van der Waals surface area contributed by atoms with Crippen LogP contribution in [0.25, 0.3) is 0 Å². The van der Waals surface area contributed by atoms with Crippen molar-refractivity contribution in [2.45, 2.75) is 38.1 Å². The summed E-state index contributed by atoms with van der Waals surface area (Å²) in [6, 6.07) is 3.40. The van der Waals surface area contributed by atoms with E-state index in [0.717, 1.165) is 44.6 Å². The second-order valence-electron chi connectivity index (χ2n) is 7.15. The number of nitro benzene ring substituents is 1. The van der Waals surface area contributed by atoms with Crippen molar-refractivity contribution in [3.63, 3.8) is 0 Å². The van der Waals surface area contributed by atoms with Crippen molar-refractivity contribution in [3.8, 4) is 11.5 Å². The summed E-state index contributed by atoms with van der Waals surface area (Å²) in [6.45, 7) is 3.66. The SMILES string of the molecule is COc1cc([C@@H](C2CCCCC2)N2CCNCC2)c([N+](=O)[O-])cc1OC. The number of methoxy groups -OCH3 is 2.